The van der Waals surface area contributed by atoms with Crippen LogP contribution in [0.1, 0.15) is 6.92 Å². The van der Waals surface area contributed by atoms with Crippen molar-refractivity contribution in [1.82, 2.24) is 0 Å². The molecule has 1 aromatic carbocycles. The molecule has 0 spiro atoms. The summed E-state index contributed by atoms with van der Waals surface area (Å²) in [5, 5.41) is 19.7. The topological polar surface area (TPSA) is 115 Å². The third kappa shape index (κ3) is 3.14. The summed E-state index contributed by atoms with van der Waals surface area (Å²) < 4.78 is 23.5. The van der Waals surface area contributed by atoms with E-state index in [1.807, 2.05) is 0 Å². The fraction of sp³-hybridized carbons (Fsp3) is 0.100. The Kier molecular flexibility index (Phi) is 3.82. The maximum Gasteiger partial charge on any atom is 0.331 e. The molecular formula is C10H9NO6S. The number of carbonyl (C=O) groups is 1. The summed E-state index contributed by atoms with van der Waals surface area (Å²) in [5.74, 6) is -1.37. The predicted molar refractivity (Wildman–Crippen MR) is 61.7 cm³/mol. The van der Waals surface area contributed by atoms with E-state index in [0.29, 0.717) is 5.41 Å². The minimum Gasteiger partial charge on any atom is -0.478 e. The second kappa shape index (κ2) is 4.96. The molecule has 0 aliphatic carbocycles. The van der Waals surface area contributed by atoms with Crippen LogP contribution in [0.2, 0.25) is 0 Å². The van der Waals surface area contributed by atoms with Crippen molar-refractivity contribution in [1.29, 1.82) is 0 Å². The molecule has 0 bridgehead atoms. The summed E-state index contributed by atoms with van der Waals surface area (Å²) in [4.78, 5) is 20.0. The summed E-state index contributed by atoms with van der Waals surface area (Å²) in [6.07, 6.45) is 0. The van der Waals surface area contributed by atoms with Crippen molar-refractivity contribution in [2.75, 3.05) is 0 Å². The number of non-ortho nitro benzene ring substituents is 1. The van der Waals surface area contributed by atoms with E-state index in [9.17, 15) is 23.3 Å². The average molecular weight is 271 g/mol. The number of nitro groups is 1. The number of carboxylic acids is 1. The van der Waals surface area contributed by atoms with Gasteiger partial charge in [0.25, 0.3) is 5.69 Å². The highest BCUT2D eigenvalue weighted by atomic mass is 32.2. The van der Waals surface area contributed by atoms with Crippen LogP contribution in [0.4, 0.5) is 5.69 Å². The van der Waals surface area contributed by atoms with Crippen LogP contribution in [0.15, 0.2) is 40.1 Å². The summed E-state index contributed by atoms with van der Waals surface area (Å²) in [5.41, 5.74) is -0.751. The Morgan fingerprint density at radius 3 is 2.56 bits per heavy atom. The van der Waals surface area contributed by atoms with Crippen molar-refractivity contribution < 1.29 is 23.2 Å². The van der Waals surface area contributed by atoms with Crippen molar-refractivity contribution in [3.05, 3.63) is 45.4 Å². The lowest BCUT2D eigenvalue weighted by Crippen LogP contribution is -2.03. The molecule has 1 aromatic rings. The number of hydrogen-bond donors (Lipinski definition) is 1. The zero-order valence-corrected chi connectivity index (χ0v) is 10.0. The number of benzene rings is 1. The van der Waals surface area contributed by atoms with E-state index in [-0.39, 0.29) is 16.2 Å². The van der Waals surface area contributed by atoms with Gasteiger partial charge in [-0.1, -0.05) is 6.07 Å². The molecule has 96 valence electrons. The van der Waals surface area contributed by atoms with E-state index in [4.69, 9.17) is 5.11 Å². The molecule has 0 amide bonds. The predicted octanol–water partition coefficient (Wildman–Crippen LogP) is 1.36. The Bertz CT molecular complexity index is 632. The van der Waals surface area contributed by atoms with E-state index in [0.717, 1.165) is 25.1 Å². The van der Waals surface area contributed by atoms with Crippen LogP contribution in [-0.4, -0.2) is 24.4 Å². The van der Waals surface area contributed by atoms with Gasteiger partial charge in [-0.05, 0) is 13.0 Å². The molecular weight excluding hydrogens is 262 g/mol. The summed E-state index contributed by atoms with van der Waals surface area (Å²) in [6.45, 7) is 1.12. The second-order valence-electron chi connectivity index (χ2n) is 3.41. The first kappa shape index (κ1) is 13.8. The minimum absolute atomic E-state index is 0.322. The van der Waals surface area contributed by atoms with Crippen molar-refractivity contribution in [2.24, 2.45) is 0 Å². The molecule has 1 N–H and O–H groups in total. The molecule has 0 heterocycles. The monoisotopic (exact) mass is 271 g/mol. The fourth-order valence-corrected chi connectivity index (χ4v) is 2.38. The lowest BCUT2D eigenvalue weighted by Gasteiger charge is -2.00. The maximum absolute atomic E-state index is 11.8. The van der Waals surface area contributed by atoms with Gasteiger partial charge in [-0.15, -0.1) is 0 Å². The van der Waals surface area contributed by atoms with E-state index >= 15 is 0 Å². The first-order valence-corrected chi connectivity index (χ1v) is 6.20. The third-order valence-electron chi connectivity index (χ3n) is 2.03. The number of rotatable bonds is 4. The maximum atomic E-state index is 11.8. The number of nitrogens with zero attached hydrogens (tertiary/aromatic N) is 1. The summed E-state index contributed by atoms with van der Waals surface area (Å²) in [7, 11) is -4.01. The van der Waals surface area contributed by atoms with Crippen molar-refractivity contribution in [3.63, 3.8) is 0 Å². The van der Waals surface area contributed by atoms with Gasteiger partial charge in [0.2, 0.25) is 9.84 Å². The fourth-order valence-electron chi connectivity index (χ4n) is 1.13. The molecule has 0 atom stereocenters. The summed E-state index contributed by atoms with van der Waals surface area (Å²) in [6, 6.07) is 4.40. The zero-order chi connectivity index (χ0) is 13.9. The van der Waals surface area contributed by atoms with Gasteiger partial charge in [0.1, 0.15) is 0 Å². The Hall–Kier alpha value is -2.22. The highest BCUT2D eigenvalue weighted by molar-refractivity contribution is 7.94. The van der Waals surface area contributed by atoms with Crippen LogP contribution in [0.3, 0.4) is 0 Å². The molecule has 0 aliphatic heterocycles. The standard InChI is InChI=1S/C10H9NO6S/c1-7(10(12)13)6-18(16,17)9-4-2-3-8(5-9)11(14)15/h2-6H,1H3,(H,12,13)/b7-6+. The van der Waals surface area contributed by atoms with Gasteiger partial charge in [0, 0.05) is 23.1 Å². The smallest absolute Gasteiger partial charge is 0.331 e. The summed E-state index contributed by atoms with van der Waals surface area (Å²) >= 11 is 0. The van der Waals surface area contributed by atoms with Crippen LogP contribution in [0, 0.1) is 10.1 Å². The molecule has 8 heteroatoms. The molecule has 0 radical (unpaired) electrons. The van der Waals surface area contributed by atoms with Gasteiger partial charge in [-0.3, -0.25) is 10.1 Å². The number of aliphatic carboxylic acids is 1. The van der Waals surface area contributed by atoms with Crippen LogP contribution in [-0.2, 0) is 14.6 Å². The SMILES string of the molecule is C/C(=C\S(=O)(=O)c1cccc([N+](=O)[O-])c1)C(=O)O. The minimum atomic E-state index is -4.01. The molecule has 0 saturated heterocycles. The van der Waals surface area contributed by atoms with Gasteiger partial charge >= 0.3 is 5.97 Å². The first-order valence-electron chi connectivity index (χ1n) is 4.65. The molecule has 0 fully saturated rings. The van der Waals surface area contributed by atoms with Crippen LogP contribution < -0.4 is 0 Å². The van der Waals surface area contributed by atoms with Crippen molar-refractivity contribution >= 4 is 21.5 Å². The molecule has 1 rings (SSSR count). The molecule has 0 aliphatic rings. The van der Waals surface area contributed by atoms with Gasteiger partial charge < -0.3 is 5.11 Å². The van der Waals surface area contributed by atoms with Gasteiger partial charge in [-0.2, -0.15) is 0 Å². The highest BCUT2D eigenvalue weighted by Crippen LogP contribution is 2.19. The average Bonchev–Trinajstić information content (AvgIpc) is 2.28. The molecule has 7 nitrogen and oxygen atoms in total. The quantitative estimate of drug-likeness (QED) is 0.502. The molecule has 0 aromatic heterocycles. The Morgan fingerprint density at radius 2 is 2.06 bits per heavy atom. The van der Waals surface area contributed by atoms with Gasteiger partial charge in [0.15, 0.2) is 0 Å². The van der Waals surface area contributed by atoms with E-state index in [2.05, 4.69) is 0 Å². The lowest BCUT2D eigenvalue weighted by molar-refractivity contribution is -0.385. The van der Waals surface area contributed by atoms with Gasteiger partial charge in [0.05, 0.1) is 9.82 Å². The first-order chi connectivity index (χ1) is 8.24. The molecule has 0 saturated carbocycles. The van der Waals surface area contributed by atoms with Crippen molar-refractivity contribution in [3.8, 4) is 0 Å². The van der Waals surface area contributed by atoms with Crippen LogP contribution in [0.25, 0.3) is 0 Å². The normalized spacial score (nSPS) is 12.2. The number of sulfone groups is 1. The third-order valence-corrected chi connectivity index (χ3v) is 3.60. The largest absolute Gasteiger partial charge is 0.478 e. The Balaban J connectivity index is 3.30. The Labute approximate surface area is 102 Å². The Morgan fingerprint density at radius 1 is 1.44 bits per heavy atom. The number of hydrogen-bond acceptors (Lipinski definition) is 5. The van der Waals surface area contributed by atoms with E-state index in [1.54, 1.807) is 0 Å². The lowest BCUT2D eigenvalue weighted by atomic mass is 10.3. The van der Waals surface area contributed by atoms with Crippen LogP contribution >= 0.6 is 0 Å². The van der Waals surface area contributed by atoms with Crippen molar-refractivity contribution in [2.45, 2.75) is 11.8 Å². The highest BCUT2D eigenvalue weighted by Gasteiger charge is 2.17. The number of carboxylic acid groups (broad SMARTS) is 1. The number of nitro benzene ring substituents is 1. The molecule has 0 unspecified atom stereocenters. The second-order valence-corrected chi connectivity index (χ2v) is 5.20. The zero-order valence-electron chi connectivity index (χ0n) is 9.23. The van der Waals surface area contributed by atoms with E-state index < -0.39 is 20.7 Å². The van der Waals surface area contributed by atoms with E-state index in [1.165, 1.54) is 6.07 Å². The van der Waals surface area contributed by atoms with Gasteiger partial charge in [-0.25, -0.2) is 13.2 Å². The molecule has 18 heavy (non-hydrogen) atoms. The van der Waals surface area contributed by atoms with Crippen LogP contribution in [0.5, 0.6) is 0 Å².